The van der Waals surface area contributed by atoms with Gasteiger partial charge in [0.05, 0.1) is 0 Å². The molecule has 2 N–H and O–H groups in total. The molecule has 20 heavy (non-hydrogen) atoms. The van der Waals surface area contributed by atoms with Crippen LogP contribution >= 0.6 is 0 Å². The van der Waals surface area contributed by atoms with Crippen LogP contribution in [0.1, 0.15) is 65.7 Å². The number of amides is 1. The summed E-state index contributed by atoms with van der Waals surface area (Å²) in [6.45, 7) is 6.69. The Balaban J connectivity index is 2.48. The van der Waals surface area contributed by atoms with Gasteiger partial charge in [0.15, 0.2) is 0 Å². The highest BCUT2D eigenvalue weighted by atomic mass is 16.4. The van der Waals surface area contributed by atoms with Crippen molar-refractivity contribution in [3.8, 4) is 0 Å². The highest BCUT2D eigenvalue weighted by Crippen LogP contribution is 2.35. The molecule has 1 aliphatic rings. The Bertz CT molecular complexity index is 333. The van der Waals surface area contributed by atoms with Crippen LogP contribution in [0.3, 0.4) is 0 Å². The van der Waals surface area contributed by atoms with Crippen molar-refractivity contribution >= 4 is 11.9 Å². The molecule has 0 saturated heterocycles. The fraction of sp³-hybridized carbons (Fsp3) is 0.875. The monoisotopic (exact) mass is 283 g/mol. The third kappa shape index (κ3) is 5.51. The summed E-state index contributed by atoms with van der Waals surface area (Å²) in [6.07, 6.45) is 6.33. The first kappa shape index (κ1) is 17.0. The molecule has 1 amide bonds. The second-order valence-corrected chi connectivity index (χ2v) is 6.92. The number of hydrogen-bond acceptors (Lipinski definition) is 2. The van der Waals surface area contributed by atoms with E-state index in [1.165, 1.54) is 6.42 Å². The molecule has 1 atom stereocenters. The van der Waals surface area contributed by atoms with E-state index in [1.54, 1.807) is 0 Å². The Hall–Kier alpha value is -1.06. The molecule has 1 aliphatic carbocycles. The van der Waals surface area contributed by atoms with Gasteiger partial charge in [-0.1, -0.05) is 40.0 Å². The van der Waals surface area contributed by atoms with Crippen molar-refractivity contribution in [2.75, 3.05) is 6.54 Å². The lowest BCUT2D eigenvalue weighted by Crippen LogP contribution is -2.42. The quantitative estimate of drug-likeness (QED) is 0.754. The molecular formula is C16H29NO3. The summed E-state index contributed by atoms with van der Waals surface area (Å²) in [4.78, 5) is 23.2. The molecule has 116 valence electrons. The highest BCUT2D eigenvalue weighted by molar-refractivity contribution is 5.82. The van der Waals surface area contributed by atoms with E-state index in [9.17, 15) is 9.59 Å². The summed E-state index contributed by atoms with van der Waals surface area (Å²) in [6, 6.07) is 0. The van der Waals surface area contributed by atoms with Crippen molar-refractivity contribution in [3.05, 3.63) is 0 Å². The van der Waals surface area contributed by atoms with Crippen molar-refractivity contribution in [1.82, 2.24) is 5.32 Å². The maximum atomic E-state index is 12.3. The third-order valence-electron chi connectivity index (χ3n) is 4.32. The third-order valence-corrected chi connectivity index (χ3v) is 4.32. The molecule has 1 fully saturated rings. The van der Waals surface area contributed by atoms with Gasteiger partial charge in [-0.3, -0.25) is 9.59 Å². The molecule has 0 aromatic carbocycles. The summed E-state index contributed by atoms with van der Waals surface area (Å²) in [5.74, 6) is -0.199. The van der Waals surface area contributed by atoms with Crippen LogP contribution in [0.2, 0.25) is 0 Å². The molecular weight excluding hydrogens is 254 g/mol. The number of carboxylic acid groups (broad SMARTS) is 1. The van der Waals surface area contributed by atoms with Crippen molar-refractivity contribution < 1.29 is 14.7 Å². The number of carboxylic acids is 1. The van der Waals surface area contributed by atoms with Gasteiger partial charge in [-0.05, 0) is 31.1 Å². The molecule has 1 unspecified atom stereocenters. The van der Waals surface area contributed by atoms with Gasteiger partial charge in [-0.2, -0.15) is 0 Å². The molecule has 0 aromatic heterocycles. The van der Waals surface area contributed by atoms with Gasteiger partial charge in [-0.15, -0.1) is 0 Å². The van der Waals surface area contributed by atoms with Crippen LogP contribution in [-0.4, -0.2) is 23.5 Å². The summed E-state index contributed by atoms with van der Waals surface area (Å²) >= 11 is 0. The van der Waals surface area contributed by atoms with E-state index in [0.29, 0.717) is 12.5 Å². The largest absolute Gasteiger partial charge is 0.481 e. The van der Waals surface area contributed by atoms with Gasteiger partial charge < -0.3 is 10.4 Å². The van der Waals surface area contributed by atoms with E-state index in [0.717, 1.165) is 32.1 Å². The Labute approximate surface area is 122 Å². The van der Waals surface area contributed by atoms with E-state index in [2.05, 4.69) is 19.2 Å². The number of carbonyl (C=O) groups is 2. The van der Waals surface area contributed by atoms with Crippen LogP contribution in [0.4, 0.5) is 0 Å². The summed E-state index contributed by atoms with van der Waals surface area (Å²) in [5, 5.41) is 12.0. The van der Waals surface area contributed by atoms with Crippen LogP contribution in [0.15, 0.2) is 0 Å². The number of rotatable bonds is 7. The fourth-order valence-electron chi connectivity index (χ4n) is 3.16. The van der Waals surface area contributed by atoms with Gasteiger partial charge in [0.25, 0.3) is 0 Å². The predicted octanol–water partition coefficient (Wildman–Crippen LogP) is 3.21. The molecule has 0 aromatic rings. The zero-order valence-electron chi connectivity index (χ0n) is 13.1. The van der Waals surface area contributed by atoms with Crippen molar-refractivity contribution in [2.24, 2.45) is 17.3 Å². The summed E-state index contributed by atoms with van der Waals surface area (Å²) < 4.78 is 0. The average Bonchev–Trinajstić information content (AvgIpc) is 2.35. The lowest BCUT2D eigenvalue weighted by molar-refractivity contribution is -0.139. The van der Waals surface area contributed by atoms with Crippen LogP contribution < -0.4 is 5.32 Å². The summed E-state index contributed by atoms with van der Waals surface area (Å²) in [5.41, 5.74) is -0.246. The van der Waals surface area contributed by atoms with Crippen LogP contribution in [0, 0.1) is 17.3 Å². The van der Waals surface area contributed by atoms with E-state index in [4.69, 9.17) is 5.11 Å². The Morgan fingerprint density at radius 2 is 1.80 bits per heavy atom. The molecule has 4 heteroatoms. The number of nitrogens with one attached hydrogen (secondary N) is 1. The van der Waals surface area contributed by atoms with Crippen LogP contribution in [-0.2, 0) is 9.59 Å². The smallest absolute Gasteiger partial charge is 0.303 e. The maximum Gasteiger partial charge on any atom is 0.303 e. The Morgan fingerprint density at radius 1 is 1.20 bits per heavy atom. The second kappa shape index (κ2) is 7.65. The topological polar surface area (TPSA) is 66.4 Å². The van der Waals surface area contributed by atoms with Gasteiger partial charge in [0, 0.05) is 18.4 Å². The molecule has 0 heterocycles. The Morgan fingerprint density at radius 3 is 2.30 bits per heavy atom. The van der Waals surface area contributed by atoms with Crippen molar-refractivity contribution in [3.63, 3.8) is 0 Å². The first-order valence-electron chi connectivity index (χ1n) is 7.83. The fourth-order valence-corrected chi connectivity index (χ4v) is 3.16. The van der Waals surface area contributed by atoms with Crippen LogP contribution in [0.5, 0.6) is 0 Å². The minimum atomic E-state index is -0.784. The van der Waals surface area contributed by atoms with Gasteiger partial charge in [-0.25, -0.2) is 0 Å². The lowest BCUT2D eigenvalue weighted by Gasteiger charge is -2.32. The van der Waals surface area contributed by atoms with E-state index in [1.807, 2.05) is 6.92 Å². The standard InChI is InChI=1S/C16H29NO3/c1-12(2)9-13(10-14(18)19)11-17-15(20)16(3)7-5-4-6-8-16/h12-13H,4-11H2,1-3H3,(H,17,20)(H,18,19). The number of hydrogen-bond donors (Lipinski definition) is 2. The molecule has 1 rings (SSSR count). The van der Waals surface area contributed by atoms with Crippen molar-refractivity contribution in [2.45, 2.75) is 65.7 Å². The Kier molecular flexibility index (Phi) is 6.50. The molecule has 0 spiro atoms. The minimum Gasteiger partial charge on any atom is -0.481 e. The molecule has 4 nitrogen and oxygen atoms in total. The van der Waals surface area contributed by atoms with E-state index >= 15 is 0 Å². The zero-order chi connectivity index (χ0) is 15.2. The lowest BCUT2D eigenvalue weighted by atomic mass is 9.75. The first-order chi connectivity index (χ1) is 9.33. The normalized spacial score (nSPS) is 19.6. The zero-order valence-corrected chi connectivity index (χ0v) is 13.1. The van der Waals surface area contributed by atoms with E-state index in [-0.39, 0.29) is 23.7 Å². The number of aliphatic carboxylic acids is 1. The maximum absolute atomic E-state index is 12.3. The van der Waals surface area contributed by atoms with Gasteiger partial charge in [0.1, 0.15) is 0 Å². The van der Waals surface area contributed by atoms with Crippen molar-refractivity contribution in [1.29, 1.82) is 0 Å². The molecule has 1 saturated carbocycles. The number of carbonyl (C=O) groups excluding carboxylic acids is 1. The van der Waals surface area contributed by atoms with Crippen LogP contribution in [0.25, 0.3) is 0 Å². The minimum absolute atomic E-state index is 0.0311. The predicted molar refractivity (Wildman–Crippen MR) is 79.4 cm³/mol. The average molecular weight is 283 g/mol. The van der Waals surface area contributed by atoms with Gasteiger partial charge >= 0.3 is 5.97 Å². The summed E-state index contributed by atoms with van der Waals surface area (Å²) in [7, 11) is 0. The molecule has 0 aliphatic heterocycles. The SMILES string of the molecule is CC(C)CC(CNC(=O)C1(C)CCCCC1)CC(=O)O. The first-order valence-corrected chi connectivity index (χ1v) is 7.83. The molecule has 0 radical (unpaired) electrons. The van der Waals surface area contributed by atoms with E-state index < -0.39 is 5.97 Å². The molecule has 0 bridgehead atoms. The highest BCUT2D eigenvalue weighted by Gasteiger charge is 2.34. The second-order valence-electron chi connectivity index (χ2n) is 6.92. The van der Waals surface area contributed by atoms with Gasteiger partial charge in [0.2, 0.25) is 5.91 Å².